The molecule has 0 aromatic carbocycles. The lowest BCUT2D eigenvalue weighted by Gasteiger charge is -2.03. The molecule has 0 unspecified atom stereocenters. The Kier molecular flexibility index (Phi) is 6.95. The molecule has 0 rings (SSSR count). The second kappa shape index (κ2) is 7.02. The first-order valence-electron chi connectivity index (χ1n) is 3.46. The third-order valence-electron chi connectivity index (χ3n) is 0.948. The van der Waals surface area contributed by atoms with Gasteiger partial charge in [-0.25, -0.2) is 0 Å². The number of rotatable bonds is 6. The average molecular weight is 146 g/mol. The van der Waals surface area contributed by atoms with Gasteiger partial charge in [0.25, 0.3) is 0 Å². The van der Waals surface area contributed by atoms with E-state index in [1.54, 1.807) is 6.82 Å². The normalized spacial score (nSPS) is 9.90. The van der Waals surface area contributed by atoms with E-state index >= 15 is 0 Å². The van der Waals surface area contributed by atoms with Crippen molar-refractivity contribution in [2.45, 2.75) is 6.82 Å². The molecule has 60 valence electrons. The van der Waals surface area contributed by atoms with E-state index in [1.165, 1.54) is 0 Å². The second-order valence-corrected chi connectivity index (χ2v) is 2.03. The summed E-state index contributed by atoms with van der Waals surface area (Å²) in [6, 6.07) is 0. The van der Waals surface area contributed by atoms with Crippen LogP contribution in [0.5, 0.6) is 0 Å². The van der Waals surface area contributed by atoms with E-state index in [0.717, 1.165) is 0 Å². The van der Waals surface area contributed by atoms with Crippen LogP contribution in [0.3, 0.4) is 0 Å². The van der Waals surface area contributed by atoms with Gasteiger partial charge >= 0.3 is 7.05 Å². The Bertz CT molecular complexity index is 72.7. The van der Waals surface area contributed by atoms with Gasteiger partial charge in [-0.05, 0) is 6.82 Å². The van der Waals surface area contributed by atoms with Crippen molar-refractivity contribution in [3.63, 3.8) is 0 Å². The zero-order valence-electron chi connectivity index (χ0n) is 6.34. The largest absolute Gasteiger partial charge is 0.437 e. The molecule has 5 heteroatoms. The van der Waals surface area contributed by atoms with Gasteiger partial charge in [-0.2, -0.15) is 0 Å². The molecule has 4 N–H and O–H groups in total. The van der Waals surface area contributed by atoms with E-state index in [9.17, 15) is 0 Å². The molecule has 0 aromatic rings. The Hall–Kier alpha value is -0.0951. The Morgan fingerprint density at radius 2 is 2.30 bits per heavy atom. The summed E-state index contributed by atoms with van der Waals surface area (Å²) in [5, 5.41) is 11.5. The third kappa shape index (κ3) is 7.90. The quantitative estimate of drug-likeness (QED) is 0.320. The van der Waals surface area contributed by atoms with Crippen molar-refractivity contribution in [3.8, 4) is 0 Å². The van der Waals surface area contributed by atoms with E-state index < -0.39 is 7.05 Å². The molecule has 0 spiro atoms. The van der Waals surface area contributed by atoms with Crippen molar-refractivity contribution in [1.29, 1.82) is 0 Å². The molecule has 0 aliphatic rings. The smallest absolute Gasteiger partial charge is 0.373 e. The van der Waals surface area contributed by atoms with Crippen LogP contribution in [0.25, 0.3) is 0 Å². The molecule has 0 radical (unpaired) electrons. The fourth-order valence-electron chi connectivity index (χ4n) is 0.525. The first-order valence-corrected chi connectivity index (χ1v) is 3.46. The van der Waals surface area contributed by atoms with Crippen LogP contribution in [0.1, 0.15) is 0 Å². The summed E-state index contributed by atoms with van der Waals surface area (Å²) in [6.07, 6.45) is 0. The van der Waals surface area contributed by atoms with Crippen molar-refractivity contribution >= 4 is 7.05 Å². The van der Waals surface area contributed by atoms with E-state index in [-0.39, 0.29) is 0 Å². The lowest BCUT2D eigenvalue weighted by molar-refractivity contribution is 0.146. The predicted octanol–water partition coefficient (Wildman–Crippen LogP) is -1.34. The summed E-state index contributed by atoms with van der Waals surface area (Å²) >= 11 is 0. The maximum Gasteiger partial charge on any atom is 0.373 e. The highest BCUT2D eigenvalue weighted by Gasteiger charge is 1.98. The first kappa shape index (κ1) is 9.90. The Morgan fingerprint density at radius 1 is 1.60 bits per heavy atom. The van der Waals surface area contributed by atoms with Crippen molar-refractivity contribution in [2.24, 2.45) is 5.73 Å². The third-order valence-corrected chi connectivity index (χ3v) is 0.948. The van der Waals surface area contributed by atoms with Crippen LogP contribution in [0.15, 0.2) is 0 Å². The number of ether oxygens (including phenoxy) is 1. The van der Waals surface area contributed by atoms with Crippen LogP contribution in [0.4, 0.5) is 0 Å². The molecular weight excluding hydrogens is 131 g/mol. The van der Waals surface area contributed by atoms with Crippen molar-refractivity contribution in [2.75, 3.05) is 26.3 Å². The standard InChI is InChI=1S/C5H15BN2O2/c1-6(9)8-3-5-10-4-2-7/h8-9H,2-5,7H2,1H3. The zero-order valence-corrected chi connectivity index (χ0v) is 6.34. The molecule has 0 amide bonds. The molecular formula is C5H15BN2O2. The Balaban J connectivity index is 2.77. The Morgan fingerprint density at radius 3 is 2.80 bits per heavy atom. The van der Waals surface area contributed by atoms with Gasteiger partial charge in [0.2, 0.25) is 0 Å². The molecule has 0 bridgehead atoms. The van der Waals surface area contributed by atoms with Crippen LogP contribution in [-0.2, 0) is 4.74 Å². The topological polar surface area (TPSA) is 67.5 Å². The summed E-state index contributed by atoms with van der Waals surface area (Å²) < 4.78 is 5.03. The average Bonchev–Trinajstić information content (AvgIpc) is 1.87. The highest BCUT2D eigenvalue weighted by Crippen LogP contribution is 1.71. The summed E-state index contributed by atoms with van der Waals surface area (Å²) in [6.45, 7) is 4.07. The van der Waals surface area contributed by atoms with Gasteiger partial charge < -0.3 is 20.7 Å². The van der Waals surface area contributed by atoms with Gasteiger partial charge in [-0.1, -0.05) is 0 Å². The number of hydrogen-bond acceptors (Lipinski definition) is 4. The molecule has 4 nitrogen and oxygen atoms in total. The summed E-state index contributed by atoms with van der Waals surface area (Å²) in [7, 11) is -0.457. The lowest BCUT2D eigenvalue weighted by atomic mass is 9.89. The Labute approximate surface area is 61.9 Å². The zero-order chi connectivity index (χ0) is 7.82. The van der Waals surface area contributed by atoms with Crippen LogP contribution < -0.4 is 11.0 Å². The van der Waals surface area contributed by atoms with E-state index in [2.05, 4.69) is 5.23 Å². The van der Waals surface area contributed by atoms with Crippen LogP contribution in [-0.4, -0.2) is 38.4 Å². The van der Waals surface area contributed by atoms with Gasteiger partial charge in [-0.15, -0.1) is 0 Å². The monoisotopic (exact) mass is 146 g/mol. The molecule has 10 heavy (non-hydrogen) atoms. The first-order chi connectivity index (χ1) is 4.77. The van der Waals surface area contributed by atoms with Gasteiger partial charge in [0.15, 0.2) is 0 Å². The summed E-state index contributed by atoms with van der Waals surface area (Å²) in [5.74, 6) is 0. The number of nitrogens with one attached hydrogen (secondary N) is 1. The molecule has 0 aliphatic carbocycles. The van der Waals surface area contributed by atoms with Gasteiger partial charge in [0, 0.05) is 13.1 Å². The second-order valence-electron chi connectivity index (χ2n) is 2.03. The number of nitrogens with two attached hydrogens (primary N) is 1. The predicted molar refractivity (Wildman–Crippen MR) is 41.7 cm³/mol. The summed E-state index contributed by atoms with van der Waals surface area (Å²) in [5.41, 5.74) is 5.18. The fourth-order valence-corrected chi connectivity index (χ4v) is 0.525. The van der Waals surface area contributed by atoms with E-state index in [4.69, 9.17) is 15.5 Å². The SMILES string of the molecule is CB(O)NCCOCCN. The van der Waals surface area contributed by atoms with Gasteiger partial charge in [-0.3, -0.25) is 0 Å². The van der Waals surface area contributed by atoms with Gasteiger partial charge in [0.05, 0.1) is 13.2 Å². The van der Waals surface area contributed by atoms with Crippen molar-refractivity contribution < 1.29 is 9.76 Å². The van der Waals surface area contributed by atoms with Crippen molar-refractivity contribution in [1.82, 2.24) is 5.23 Å². The van der Waals surface area contributed by atoms with Crippen LogP contribution in [0.2, 0.25) is 6.82 Å². The maximum atomic E-state index is 8.72. The summed E-state index contributed by atoms with van der Waals surface area (Å²) in [4.78, 5) is 0. The maximum absolute atomic E-state index is 8.72. The minimum Gasteiger partial charge on any atom is -0.437 e. The minimum atomic E-state index is -0.457. The highest BCUT2D eigenvalue weighted by molar-refractivity contribution is 6.45. The van der Waals surface area contributed by atoms with E-state index in [0.29, 0.717) is 26.3 Å². The minimum absolute atomic E-state index is 0.457. The van der Waals surface area contributed by atoms with Gasteiger partial charge in [0.1, 0.15) is 0 Å². The van der Waals surface area contributed by atoms with Crippen molar-refractivity contribution in [3.05, 3.63) is 0 Å². The van der Waals surface area contributed by atoms with Crippen LogP contribution in [0, 0.1) is 0 Å². The molecule has 0 saturated heterocycles. The molecule has 0 heterocycles. The molecule has 0 aliphatic heterocycles. The lowest BCUT2D eigenvalue weighted by Crippen LogP contribution is -2.33. The fraction of sp³-hybridized carbons (Fsp3) is 1.00. The molecule has 0 atom stereocenters. The molecule has 0 fully saturated rings. The molecule has 0 saturated carbocycles. The van der Waals surface area contributed by atoms with Crippen LogP contribution >= 0.6 is 0 Å². The van der Waals surface area contributed by atoms with E-state index in [1.807, 2.05) is 0 Å². The highest BCUT2D eigenvalue weighted by atomic mass is 16.5. The molecule has 0 aromatic heterocycles. The number of hydrogen-bond donors (Lipinski definition) is 3.